The molecule has 0 bridgehead atoms. The molecular weight excluding hydrogens is 300 g/mol. The quantitative estimate of drug-likeness (QED) is 0.514. The predicted molar refractivity (Wildman–Crippen MR) is 96.0 cm³/mol. The Morgan fingerprint density at radius 3 is 2.00 bits per heavy atom. The van der Waals surface area contributed by atoms with Gasteiger partial charge < -0.3 is 5.32 Å². The maximum atomic E-state index is 10.8. The Morgan fingerprint density at radius 1 is 0.833 bits per heavy atom. The second-order valence-electron chi connectivity index (χ2n) is 5.60. The molecule has 1 unspecified atom stereocenters. The maximum Gasteiger partial charge on any atom is 0.269 e. The van der Waals surface area contributed by atoms with Crippen LogP contribution in [0.15, 0.2) is 84.9 Å². The topological polar surface area (TPSA) is 55.2 Å². The molecule has 0 spiro atoms. The zero-order valence-corrected chi connectivity index (χ0v) is 13.1. The van der Waals surface area contributed by atoms with Crippen LogP contribution in [-0.4, -0.2) is 4.92 Å². The molecule has 1 atom stereocenters. The Kier molecular flexibility index (Phi) is 4.87. The standard InChI is InChI=1S/C20H18N2O2/c23-22(24)19-13-11-18(12-14-19)21-20(17-9-5-2-6-10-17)15-16-7-3-1-4-8-16/h1-14,20-21H,15H2. The molecular formula is C20H18N2O2. The highest BCUT2D eigenvalue weighted by Gasteiger charge is 2.13. The van der Waals surface area contributed by atoms with Crippen LogP contribution in [0.2, 0.25) is 0 Å². The van der Waals surface area contributed by atoms with E-state index in [2.05, 4.69) is 29.6 Å². The normalized spacial score (nSPS) is 11.7. The third kappa shape index (κ3) is 3.98. The lowest BCUT2D eigenvalue weighted by atomic mass is 9.98. The molecule has 0 heterocycles. The summed E-state index contributed by atoms with van der Waals surface area (Å²) in [6.45, 7) is 0. The molecule has 0 fully saturated rings. The Labute approximate surface area is 140 Å². The van der Waals surface area contributed by atoms with Crippen molar-refractivity contribution < 1.29 is 4.92 Å². The molecule has 0 aliphatic heterocycles. The van der Waals surface area contributed by atoms with Gasteiger partial charge in [-0.25, -0.2) is 0 Å². The first-order chi connectivity index (χ1) is 11.7. The van der Waals surface area contributed by atoms with E-state index in [1.807, 2.05) is 36.4 Å². The number of hydrogen-bond donors (Lipinski definition) is 1. The summed E-state index contributed by atoms with van der Waals surface area (Å²) in [4.78, 5) is 10.4. The van der Waals surface area contributed by atoms with Crippen LogP contribution >= 0.6 is 0 Å². The molecule has 24 heavy (non-hydrogen) atoms. The van der Waals surface area contributed by atoms with E-state index < -0.39 is 0 Å². The van der Waals surface area contributed by atoms with Gasteiger partial charge in [0.2, 0.25) is 0 Å². The molecule has 0 aliphatic carbocycles. The van der Waals surface area contributed by atoms with Gasteiger partial charge in [-0.3, -0.25) is 10.1 Å². The smallest absolute Gasteiger partial charge is 0.269 e. The number of anilines is 1. The molecule has 1 N–H and O–H groups in total. The summed E-state index contributed by atoms with van der Waals surface area (Å²) >= 11 is 0. The minimum atomic E-state index is -0.386. The van der Waals surface area contributed by atoms with Gasteiger partial charge in [0, 0.05) is 17.8 Å². The zero-order chi connectivity index (χ0) is 16.8. The van der Waals surface area contributed by atoms with E-state index in [4.69, 9.17) is 0 Å². The van der Waals surface area contributed by atoms with Crippen LogP contribution in [0.3, 0.4) is 0 Å². The van der Waals surface area contributed by atoms with E-state index in [-0.39, 0.29) is 16.7 Å². The van der Waals surface area contributed by atoms with Crippen LogP contribution in [-0.2, 0) is 6.42 Å². The first-order valence-electron chi connectivity index (χ1n) is 7.82. The number of nitro groups is 1. The summed E-state index contributed by atoms with van der Waals surface area (Å²) in [5.41, 5.74) is 3.38. The average molecular weight is 318 g/mol. The lowest BCUT2D eigenvalue weighted by Gasteiger charge is -2.20. The van der Waals surface area contributed by atoms with Crippen molar-refractivity contribution >= 4 is 11.4 Å². The third-order valence-electron chi connectivity index (χ3n) is 3.90. The molecule has 0 amide bonds. The SMILES string of the molecule is O=[N+]([O-])c1ccc(NC(Cc2ccccc2)c2ccccc2)cc1. The van der Waals surface area contributed by atoms with Gasteiger partial charge in [0.05, 0.1) is 11.0 Å². The van der Waals surface area contributed by atoms with E-state index in [0.717, 1.165) is 12.1 Å². The van der Waals surface area contributed by atoms with Gasteiger partial charge in [0.25, 0.3) is 5.69 Å². The lowest BCUT2D eigenvalue weighted by Crippen LogP contribution is -2.13. The van der Waals surface area contributed by atoms with Crippen LogP contribution in [0.1, 0.15) is 17.2 Å². The van der Waals surface area contributed by atoms with E-state index in [9.17, 15) is 10.1 Å². The van der Waals surface area contributed by atoms with E-state index in [0.29, 0.717) is 0 Å². The van der Waals surface area contributed by atoms with Gasteiger partial charge in [-0.2, -0.15) is 0 Å². The van der Waals surface area contributed by atoms with Gasteiger partial charge in [0.15, 0.2) is 0 Å². The fraction of sp³-hybridized carbons (Fsp3) is 0.100. The number of nitrogens with one attached hydrogen (secondary N) is 1. The fourth-order valence-corrected chi connectivity index (χ4v) is 2.67. The molecule has 120 valence electrons. The Hall–Kier alpha value is -3.14. The average Bonchev–Trinajstić information content (AvgIpc) is 2.63. The summed E-state index contributed by atoms with van der Waals surface area (Å²) in [5.74, 6) is 0. The predicted octanol–water partition coefficient (Wildman–Crippen LogP) is 4.99. The first-order valence-corrected chi connectivity index (χ1v) is 7.82. The molecule has 4 nitrogen and oxygen atoms in total. The lowest BCUT2D eigenvalue weighted by molar-refractivity contribution is -0.384. The number of nitrogens with zero attached hydrogens (tertiary/aromatic N) is 1. The molecule has 0 aliphatic rings. The summed E-state index contributed by atoms with van der Waals surface area (Å²) in [5, 5.41) is 14.3. The summed E-state index contributed by atoms with van der Waals surface area (Å²) in [6, 6.07) is 27.1. The third-order valence-corrected chi connectivity index (χ3v) is 3.90. The highest BCUT2D eigenvalue weighted by molar-refractivity contribution is 5.50. The van der Waals surface area contributed by atoms with Crippen molar-refractivity contribution in [3.63, 3.8) is 0 Å². The van der Waals surface area contributed by atoms with Crippen molar-refractivity contribution in [1.82, 2.24) is 0 Å². The van der Waals surface area contributed by atoms with E-state index in [1.165, 1.54) is 23.3 Å². The van der Waals surface area contributed by atoms with Crippen LogP contribution in [0.25, 0.3) is 0 Å². The molecule has 3 aromatic rings. The molecule has 0 radical (unpaired) electrons. The highest BCUT2D eigenvalue weighted by Crippen LogP contribution is 2.25. The van der Waals surface area contributed by atoms with Gasteiger partial charge in [-0.1, -0.05) is 60.7 Å². The summed E-state index contributed by atoms with van der Waals surface area (Å²) in [6.07, 6.45) is 0.835. The van der Waals surface area contributed by atoms with Crippen molar-refractivity contribution in [3.8, 4) is 0 Å². The number of non-ortho nitro benzene ring substituents is 1. The van der Waals surface area contributed by atoms with Crippen LogP contribution < -0.4 is 5.32 Å². The second-order valence-corrected chi connectivity index (χ2v) is 5.60. The maximum absolute atomic E-state index is 10.8. The highest BCUT2D eigenvalue weighted by atomic mass is 16.6. The minimum absolute atomic E-state index is 0.0926. The van der Waals surface area contributed by atoms with Gasteiger partial charge in [0.1, 0.15) is 0 Å². The Balaban J connectivity index is 1.83. The van der Waals surface area contributed by atoms with Crippen molar-refractivity contribution in [2.24, 2.45) is 0 Å². The zero-order valence-electron chi connectivity index (χ0n) is 13.1. The second kappa shape index (κ2) is 7.42. The molecule has 0 aromatic heterocycles. The Bertz CT molecular complexity index is 787. The van der Waals surface area contributed by atoms with Crippen LogP contribution in [0, 0.1) is 10.1 Å². The molecule has 4 heteroatoms. The largest absolute Gasteiger partial charge is 0.378 e. The summed E-state index contributed by atoms with van der Waals surface area (Å²) in [7, 11) is 0. The molecule has 0 saturated heterocycles. The molecule has 3 aromatic carbocycles. The van der Waals surface area contributed by atoms with Crippen molar-refractivity contribution in [3.05, 3.63) is 106 Å². The summed E-state index contributed by atoms with van der Waals surface area (Å²) < 4.78 is 0. The number of hydrogen-bond acceptors (Lipinski definition) is 3. The van der Waals surface area contributed by atoms with Crippen LogP contribution in [0.5, 0.6) is 0 Å². The van der Waals surface area contributed by atoms with Crippen LogP contribution in [0.4, 0.5) is 11.4 Å². The van der Waals surface area contributed by atoms with Crippen molar-refractivity contribution in [2.45, 2.75) is 12.5 Å². The van der Waals surface area contributed by atoms with E-state index in [1.54, 1.807) is 12.1 Å². The first kappa shape index (κ1) is 15.7. The number of benzene rings is 3. The van der Waals surface area contributed by atoms with Gasteiger partial charge in [-0.05, 0) is 29.7 Å². The number of rotatable bonds is 6. The van der Waals surface area contributed by atoms with Gasteiger partial charge in [-0.15, -0.1) is 0 Å². The Morgan fingerprint density at radius 2 is 1.42 bits per heavy atom. The minimum Gasteiger partial charge on any atom is -0.378 e. The monoisotopic (exact) mass is 318 g/mol. The molecule has 0 saturated carbocycles. The fourth-order valence-electron chi connectivity index (χ4n) is 2.67. The molecule has 3 rings (SSSR count). The van der Waals surface area contributed by atoms with Crippen molar-refractivity contribution in [2.75, 3.05) is 5.32 Å². The van der Waals surface area contributed by atoms with E-state index >= 15 is 0 Å². The van der Waals surface area contributed by atoms with Crippen molar-refractivity contribution in [1.29, 1.82) is 0 Å². The van der Waals surface area contributed by atoms with Gasteiger partial charge >= 0.3 is 0 Å². The number of nitro benzene ring substituents is 1.